The van der Waals surface area contributed by atoms with E-state index in [1.54, 1.807) is 0 Å². The lowest BCUT2D eigenvalue weighted by Crippen LogP contribution is -2.59. The van der Waals surface area contributed by atoms with E-state index < -0.39 is 0 Å². The Balaban J connectivity index is 1.66. The average molecular weight is 387 g/mol. The molecule has 28 heavy (non-hydrogen) atoms. The highest BCUT2D eigenvalue weighted by Crippen LogP contribution is 2.32. The third kappa shape index (κ3) is 5.04. The number of rotatable bonds is 6. The number of carbonyl (C=O) groups excluding carboxylic acids is 2. The smallest absolute Gasteiger partial charge is 0.317 e. The number of likely N-dealkylation sites (N-methyl/N-ethyl adjacent to an activating group) is 1. The van der Waals surface area contributed by atoms with Crippen LogP contribution in [-0.2, 0) is 11.3 Å². The first kappa shape index (κ1) is 20.6. The monoisotopic (exact) mass is 386 g/mol. The van der Waals surface area contributed by atoms with E-state index in [1.165, 1.54) is 12.8 Å². The van der Waals surface area contributed by atoms with Gasteiger partial charge in [0.15, 0.2) is 0 Å². The molecule has 1 saturated heterocycles. The normalized spacial score (nSPS) is 19.4. The molecule has 2 aliphatic rings. The van der Waals surface area contributed by atoms with Gasteiger partial charge in [-0.05, 0) is 31.2 Å². The van der Waals surface area contributed by atoms with Gasteiger partial charge in [-0.2, -0.15) is 0 Å². The number of benzene rings is 1. The SMILES string of the molecule is CCNC(=O)N1CCN([C@H](C(=O)N(C)Cc2ccccc2)C2CCCC2)CC1. The standard InChI is InChI=1S/C22H34N4O2/c1-3-23-22(28)26-15-13-25(14-16-26)20(19-11-7-8-12-19)21(27)24(2)17-18-9-5-4-6-10-18/h4-6,9-10,19-20H,3,7-8,11-17H2,1-2H3,(H,23,28)/t20-/m0/s1. The second-order valence-corrected chi connectivity index (χ2v) is 8.03. The summed E-state index contributed by atoms with van der Waals surface area (Å²) in [6, 6.07) is 10.1. The van der Waals surface area contributed by atoms with Gasteiger partial charge in [-0.15, -0.1) is 0 Å². The van der Waals surface area contributed by atoms with Gasteiger partial charge in [-0.1, -0.05) is 43.2 Å². The number of hydrogen-bond acceptors (Lipinski definition) is 3. The van der Waals surface area contributed by atoms with Crippen LogP contribution in [0.1, 0.15) is 38.2 Å². The highest BCUT2D eigenvalue weighted by Gasteiger charge is 2.38. The Morgan fingerprint density at radius 2 is 1.75 bits per heavy atom. The van der Waals surface area contributed by atoms with Gasteiger partial charge in [0.1, 0.15) is 0 Å². The minimum Gasteiger partial charge on any atom is -0.340 e. The largest absolute Gasteiger partial charge is 0.340 e. The Morgan fingerprint density at radius 3 is 2.36 bits per heavy atom. The summed E-state index contributed by atoms with van der Waals surface area (Å²) in [5, 5.41) is 2.88. The molecule has 0 aromatic heterocycles. The Hall–Kier alpha value is -2.08. The topological polar surface area (TPSA) is 55.9 Å². The van der Waals surface area contributed by atoms with Crippen molar-refractivity contribution in [2.45, 2.75) is 45.2 Å². The molecule has 1 aromatic carbocycles. The van der Waals surface area contributed by atoms with E-state index >= 15 is 0 Å². The Labute approximate surface area is 168 Å². The predicted octanol–water partition coefficient (Wildman–Crippen LogP) is 2.55. The van der Waals surface area contributed by atoms with Crippen LogP contribution in [0, 0.1) is 5.92 Å². The molecule has 3 amide bonds. The molecule has 0 bridgehead atoms. The number of hydrogen-bond donors (Lipinski definition) is 1. The lowest BCUT2D eigenvalue weighted by molar-refractivity contribution is -0.139. The maximum Gasteiger partial charge on any atom is 0.317 e. The summed E-state index contributed by atoms with van der Waals surface area (Å²) in [7, 11) is 1.92. The second kappa shape index (κ2) is 9.92. The molecule has 6 heteroatoms. The molecule has 1 saturated carbocycles. The van der Waals surface area contributed by atoms with Crippen LogP contribution in [0.25, 0.3) is 0 Å². The van der Waals surface area contributed by atoms with Crippen LogP contribution < -0.4 is 5.32 Å². The van der Waals surface area contributed by atoms with Gasteiger partial charge in [0.25, 0.3) is 0 Å². The van der Waals surface area contributed by atoms with Gasteiger partial charge in [-0.3, -0.25) is 9.69 Å². The fraction of sp³-hybridized carbons (Fsp3) is 0.636. The average Bonchev–Trinajstić information content (AvgIpc) is 3.24. The van der Waals surface area contributed by atoms with E-state index in [2.05, 4.69) is 22.3 Å². The Morgan fingerprint density at radius 1 is 1.11 bits per heavy atom. The summed E-state index contributed by atoms with van der Waals surface area (Å²) in [6.07, 6.45) is 4.70. The van der Waals surface area contributed by atoms with E-state index in [0.29, 0.717) is 32.1 Å². The fourth-order valence-corrected chi connectivity index (χ4v) is 4.56. The van der Waals surface area contributed by atoms with Crippen molar-refractivity contribution in [3.8, 4) is 0 Å². The van der Waals surface area contributed by atoms with Crippen LogP contribution >= 0.6 is 0 Å². The zero-order chi connectivity index (χ0) is 19.9. The molecule has 154 valence electrons. The van der Waals surface area contributed by atoms with Crippen molar-refractivity contribution >= 4 is 11.9 Å². The highest BCUT2D eigenvalue weighted by molar-refractivity contribution is 5.82. The summed E-state index contributed by atoms with van der Waals surface area (Å²) in [5.41, 5.74) is 1.16. The van der Waals surface area contributed by atoms with Crippen LogP contribution in [-0.4, -0.2) is 72.5 Å². The molecule has 1 heterocycles. The highest BCUT2D eigenvalue weighted by atomic mass is 16.2. The van der Waals surface area contributed by atoms with Gasteiger partial charge < -0.3 is 15.1 Å². The second-order valence-electron chi connectivity index (χ2n) is 8.03. The first-order valence-electron chi connectivity index (χ1n) is 10.7. The first-order chi connectivity index (χ1) is 13.6. The summed E-state index contributed by atoms with van der Waals surface area (Å²) in [6.45, 7) is 6.13. The van der Waals surface area contributed by atoms with Crippen LogP contribution in [0.4, 0.5) is 4.79 Å². The number of urea groups is 1. The molecule has 0 spiro atoms. The third-order valence-corrected chi connectivity index (χ3v) is 6.06. The van der Waals surface area contributed by atoms with Crippen molar-refractivity contribution in [3.63, 3.8) is 0 Å². The molecule has 1 atom stereocenters. The van der Waals surface area contributed by atoms with Gasteiger partial charge in [0.2, 0.25) is 5.91 Å². The lowest BCUT2D eigenvalue weighted by Gasteiger charge is -2.42. The van der Waals surface area contributed by atoms with Gasteiger partial charge in [-0.25, -0.2) is 4.79 Å². The van der Waals surface area contributed by atoms with Crippen LogP contribution in [0.15, 0.2) is 30.3 Å². The zero-order valence-electron chi connectivity index (χ0n) is 17.3. The van der Waals surface area contributed by atoms with Gasteiger partial charge >= 0.3 is 6.03 Å². The maximum atomic E-state index is 13.4. The fourth-order valence-electron chi connectivity index (χ4n) is 4.56. The quantitative estimate of drug-likeness (QED) is 0.817. The number of amides is 3. The summed E-state index contributed by atoms with van der Waals surface area (Å²) >= 11 is 0. The van der Waals surface area contributed by atoms with Crippen molar-refractivity contribution in [2.75, 3.05) is 39.8 Å². The number of nitrogens with one attached hydrogen (secondary N) is 1. The predicted molar refractivity (Wildman–Crippen MR) is 111 cm³/mol. The molecule has 1 aromatic rings. The maximum absolute atomic E-state index is 13.4. The molecular weight excluding hydrogens is 352 g/mol. The number of carbonyl (C=O) groups is 2. The van der Waals surface area contributed by atoms with E-state index in [4.69, 9.17) is 0 Å². The molecule has 0 radical (unpaired) electrons. The lowest BCUT2D eigenvalue weighted by atomic mass is 9.94. The van der Waals surface area contributed by atoms with Crippen LogP contribution in [0.5, 0.6) is 0 Å². The van der Waals surface area contributed by atoms with E-state index in [9.17, 15) is 9.59 Å². The molecule has 0 unspecified atom stereocenters. The Bertz CT molecular complexity index is 637. The minimum absolute atomic E-state index is 0.00656. The van der Waals surface area contributed by atoms with Crippen molar-refractivity contribution in [1.29, 1.82) is 0 Å². The zero-order valence-corrected chi connectivity index (χ0v) is 17.3. The molecule has 6 nitrogen and oxygen atoms in total. The molecule has 1 aliphatic carbocycles. The Kier molecular flexibility index (Phi) is 7.31. The van der Waals surface area contributed by atoms with Crippen molar-refractivity contribution in [1.82, 2.24) is 20.0 Å². The number of piperazine rings is 1. The number of nitrogens with zero attached hydrogens (tertiary/aromatic N) is 3. The van der Waals surface area contributed by atoms with Crippen molar-refractivity contribution in [2.24, 2.45) is 5.92 Å². The van der Waals surface area contributed by atoms with Crippen LogP contribution in [0.3, 0.4) is 0 Å². The molecule has 1 N–H and O–H groups in total. The summed E-state index contributed by atoms with van der Waals surface area (Å²) < 4.78 is 0. The van der Waals surface area contributed by atoms with Crippen molar-refractivity contribution in [3.05, 3.63) is 35.9 Å². The summed E-state index contributed by atoms with van der Waals surface area (Å²) in [5.74, 6) is 0.656. The van der Waals surface area contributed by atoms with E-state index in [0.717, 1.165) is 31.5 Å². The van der Waals surface area contributed by atoms with E-state index in [-0.39, 0.29) is 18.0 Å². The molecule has 2 fully saturated rings. The molecule has 3 rings (SSSR count). The van der Waals surface area contributed by atoms with Crippen molar-refractivity contribution < 1.29 is 9.59 Å². The first-order valence-corrected chi connectivity index (χ1v) is 10.7. The minimum atomic E-state index is -0.0624. The summed E-state index contributed by atoms with van der Waals surface area (Å²) in [4.78, 5) is 31.6. The molecular formula is C22H34N4O2. The van der Waals surface area contributed by atoms with E-state index in [1.807, 2.05) is 42.0 Å². The van der Waals surface area contributed by atoms with Gasteiger partial charge in [0.05, 0.1) is 6.04 Å². The molecule has 1 aliphatic heterocycles. The van der Waals surface area contributed by atoms with Crippen LogP contribution in [0.2, 0.25) is 0 Å². The third-order valence-electron chi connectivity index (χ3n) is 6.06. The van der Waals surface area contributed by atoms with Gasteiger partial charge in [0, 0.05) is 46.3 Å².